The predicted molar refractivity (Wildman–Crippen MR) is 47.5 cm³/mol. The Labute approximate surface area is 82.4 Å². The summed E-state index contributed by atoms with van der Waals surface area (Å²) in [5, 5.41) is 0. The highest BCUT2D eigenvalue weighted by molar-refractivity contribution is 6.60. The van der Waals surface area contributed by atoms with E-state index in [2.05, 4.69) is 9.47 Å². The highest BCUT2D eigenvalue weighted by Crippen LogP contribution is 1.95. The first-order valence-electron chi connectivity index (χ1n) is 4.30. The molecule has 0 rings (SSSR count). The van der Waals surface area contributed by atoms with Crippen molar-refractivity contribution in [1.82, 2.24) is 0 Å². The van der Waals surface area contributed by atoms with Crippen LogP contribution in [-0.4, -0.2) is 29.9 Å². The van der Waals surface area contributed by atoms with Crippen LogP contribution in [-0.2, 0) is 23.9 Å². The van der Waals surface area contributed by atoms with Gasteiger partial charge in [-0.15, -0.1) is 0 Å². The number of Topliss-reactive ketones (excluding diaryl/α,β-unsaturated/α-hetero) is 1. The van der Waals surface area contributed by atoms with Crippen LogP contribution in [0, 0.1) is 0 Å². The number of esters is 2. The van der Waals surface area contributed by atoms with E-state index in [1.54, 1.807) is 27.7 Å². The number of hydrogen-bond donors (Lipinski definition) is 0. The molecule has 14 heavy (non-hydrogen) atoms. The molecular weight excluding hydrogens is 188 g/mol. The first-order valence-corrected chi connectivity index (χ1v) is 4.30. The smallest absolute Gasteiger partial charge is 0.387 e. The molecule has 0 unspecified atom stereocenters. The van der Waals surface area contributed by atoms with Crippen molar-refractivity contribution >= 4 is 17.7 Å². The minimum atomic E-state index is -1.27. The van der Waals surface area contributed by atoms with Gasteiger partial charge in [-0.2, -0.15) is 0 Å². The van der Waals surface area contributed by atoms with Crippen molar-refractivity contribution in [2.45, 2.75) is 39.9 Å². The van der Waals surface area contributed by atoms with Gasteiger partial charge in [0.05, 0.1) is 12.2 Å². The molecule has 5 nitrogen and oxygen atoms in total. The molecule has 5 heteroatoms. The molecule has 80 valence electrons. The van der Waals surface area contributed by atoms with Crippen LogP contribution in [0.3, 0.4) is 0 Å². The lowest BCUT2D eigenvalue weighted by molar-refractivity contribution is -0.167. The number of rotatable bonds is 4. The fourth-order valence-corrected chi connectivity index (χ4v) is 0.619. The van der Waals surface area contributed by atoms with E-state index >= 15 is 0 Å². The molecule has 0 spiro atoms. The van der Waals surface area contributed by atoms with Crippen molar-refractivity contribution < 1.29 is 23.9 Å². The third-order valence-corrected chi connectivity index (χ3v) is 1.06. The number of carbonyl (C=O) groups is 3. The number of hydrogen-bond acceptors (Lipinski definition) is 5. The van der Waals surface area contributed by atoms with Crippen molar-refractivity contribution in [2.75, 3.05) is 0 Å². The zero-order chi connectivity index (χ0) is 11.3. The maximum absolute atomic E-state index is 11.0. The molecule has 0 N–H and O–H groups in total. The second-order valence-corrected chi connectivity index (χ2v) is 3.24. The summed E-state index contributed by atoms with van der Waals surface area (Å²) in [5.74, 6) is -3.62. The van der Waals surface area contributed by atoms with Crippen LogP contribution in [0.5, 0.6) is 0 Å². The molecule has 0 aromatic carbocycles. The van der Waals surface area contributed by atoms with Crippen LogP contribution in [0.4, 0.5) is 0 Å². The topological polar surface area (TPSA) is 69.7 Å². The summed E-state index contributed by atoms with van der Waals surface area (Å²) < 4.78 is 9.05. The summed E-state index contributed by atoms with van der Waals surface area (Å²) in [5.41, 5.74) is 0. The summed E-state index contributed by atoms with van der Waals surface area (Å²) in [6, 6.07) is 0. The monoisotopic (exact) mass is 202 g/mol. The van der Waals surface area contributed by atoms with Gasteiger partial charge in [-0.3, -0.25) is 4.79 Å². The van der Waals surface area contributed by atoms with Gasteiger partial charge in [-0.25, -0.2) is 9.59 Å². The van der Waals surface area contributed by atoms with E-state index in [-0.39, 0.29) is 0 Å². The molecular formula is C9H14O5. The zero-order valence-electron chi connectivity index (χ0n) is 8.70. The van der Waals surface area contributed by atoms with Crippen LogP contribution in [0.2, 0.25) is 0 Å². The maximum Gasteiger partial charge on any atom is 0.387 e. The van der Waals surface area contributed by atoms with Crippen LogP contribution in [0.25, 0.3) is 0 Å². The first-order chi connectivity index (χ1) is 6.34. The average Bonchev–Trinajstić information content (AvgIpc) is 2.00. The first kappa shape index (κ1) is 12.6. The third kappa shape index (κ3) is 4.59. The van der Waals surface area contributed by atoms with Gasteiger partial charge in [-0.1, -0.05) is 0 Å². The van der Waals surface area contributed by atoms with Crippen molar-refractivity contribution in [2.24, 2.45) is 0 Å². The summed E-state index contributed by atoms with van der Waals surface area (Å²) in [7, 11) is 0. The summed E-state index contributed by atoms with van der Waals surface area (Å²) in [6.07, 6.45) is -0.864. The molecule has 0 amide bonds. The Morgan fingerprint density at radius 1 is 0.786 bits per heavy atom. The highest BCUT2D eigenvalue weighted by Gasteiger charge is 2.27. The lowest BCUT2D eigenvalue weighted by Gasteiger charge is -2.08. The Balaban J connectivity index is 4.19. The van der Waals surface area contributed by atoms with E-state index in [4.69, 9.17) is 0 Å². The number of ketones is 1. The van der Waals surface area contributed by atoms with Crippen LogP contribution in [0.1, 0.15) is 27.7 Å². The quantitative estimate of drug-likeness (QED) is 0.376. The lowest BCUT2D eigenvalue weighted by Crippen LogP contribution is -2.31. The normalized spacial score (nSPS) is 10.1. The Hall–Kier alpha value is -1.39. The second-order valence-electron chi connectivity index (χ2n) is 3.24. The predicted octanol–water partition coefficient (Wildman–Crippen LogP) is 0.459. The minimum absolute atomic E-state index is 0.432. The van der Waals surface area contributed by atoms with Crippen molar-refractivity contribution in [1.29, 1.82) is 0 Å². The zero-order valence-corrected chi connectivity index (χ0v) is 8.70. The van der Waals surface area contributed by atoms with Crippen LogP contribution < -0.4 is 0 Å². The van der Waals surface area contributed by atoms with Gasteiger partial charge in [-0.05, 0) is 27.7 Å². The Bertz CT molecular complexity index is 218. The van der Waals surface area contributed by atoms with Crippen LogP contribution >= 0.6 is 0 Å². The second kappa shape index (κ2) is 5.36. The molecule has 0 aliphatic heterocycles. The molecule has 0 saturated carbocycles. The van der Waals surface area contributed by atoms with Gasteiger partial charge in [0, 0.05) is 0 Å². The van der Waals surface area contributed by atoms with Gasteiger partial charge in [0.1, 0.15) is 0 Å². The van der Waals surface area contributed by atoms with Gasteiger partial charge < -0.3 is 9.47 Å². The Morgan fingerprint density at radius 3 is 1.29 bits per heavy atom. The number of ether oxygens (including phenoxy) is 2. The van der Waals surface area contributed by atoms with Gasteiger partial charge in [0.25, 0.3) is 0 Å². The molecule has 0 fully saturated rings. The van der Waals surface area contributed by atoms with Gasteiger partial charge >= 0.3 is 17.7 Å². The van der Waals surface area contributed by atoms with E-state index < -0.39 is 29.9 Å². The van der Waals surface area contributed by atoms with Crippen LogP contribution in [0.15, 0.2) is 0 Å². The molecule has 0 radical (unpaired) electrons. The maximum atomic E-state index is 11.0. The van der Waals surface area contributed by atoms with E-state index in [1.807, 2.05) is 0 Å². The van der Waals surface area contributed by atoms with Gasteiger partial charge in [0.2, 0.25) is 0 Å². The van der Waals surface area contributed by atoms with Gasteiger partial charge in [0.15, 0.2) is 0 Å². The standard InChI is InChI=1S/C9H14O5/c1-5(2)13-8(11)7(10)9(12)14-6(3)4/h5-6H,1-4H3. The van der Waals surface area contributed by atoms with E-state index in [9.17, 15) is 14.4 Å². The summed E-state index contributed by atoms with van der Waals surface area (Å²) in [4.78, 5) is 32.8. The third-order valence-electron chi connectivity index (χ3n) is 1.06. The number of carbonyl (C=O) groups excluding carboxylic acids is 3. The molecule has 0 atom stereocenters. The average molecular weight is 202 g/mol. The van der Waals surface area contributed by atoms with Crippen molar-refractivity contribution in [3.63, 3.8) is 0 Å². The molecule has 0 heterocycles. The molecule has 0 aliphatic rings. The Kier molecular flexibility index (Phi) is 4.83. The van der Waals surface area contributed by atoms with E-state index in [1.165, 1.54) is 0 Å². The fourth-order valence-electron chi connectivity index (χ4n) is 0.619. The minimum Gasteiger partial charge on any atom is -0.457 e. The molecule has 0 aromatic rings. The molecule has 0 aliphatic carbocycles. The highest BCUT2D eigenvalue weighted by atomic mass is 16.6. The fraction of sp³-hybridized carbons (Fsp3) is 0.667. The summed E-state index contributed by atoms with van der Waals surface area (Å²) in [6.45, 7) is 6.33. The SMILES string of the molecule is CC(C)OC(=O)C(=O)C(=O)OC(C)C. The van der Waals surface area contributed by atoms with E-state index in [0.717, 1.165) is 0 Å². The largest absolute Gasteiger partial charge is 0.457 e. The summed E-state index contributed by atoms with van der Waals surface area (Å²) >= 11 is 0. The molecule has 0 bridgehead atoms. The van der Waals surface area contributed by atoms with E-state index in [0.29, 0.717) is 0 Å². The lowest BCUT2D eigenvalue weighted by atomic mass is 10.4. The Morgan fingerprint density at radius 2 is 1.07 bits per heavy atom. The van der Waals surface area contributed by atoms with Crippen molar-refractivity contribution in [3.05, 3.63) is 0 Å². The van der Waals surface area contributed by atoms with Crippen molar-refractivity contribution in [3.8, 4) is 0 Å². The molecule has 0 aromatic heterocycles. The molecule has 0 saturated heterocycles.